The lowest BCUT2D eigenvalue weighted by molar-refractivity contribution is 0.552. The number of hydrogen-bond donors (Lipinski definition) is 1. The fourth-order valence-corrected chi connectivity index (χ4v) is 2.34. The number of benzene rings is 1. The lowest BCUT2D eigenvalue weighted by atomic mass is 10.1. The molecule has 0 bridgehead atoms. The Morgan fingerprint density at radius 3 is 2.67 bits per heavy atom. The molecule has 0 radical (unpaired) electrons. The van der Waals surface area contributed by atoms with Gasteiger partial charge in [0.1, 0.15) is 0 Å². The van der Waals surface area contributed by atoms with Gasteiger partial charge in [-0.05, 0) is 36.6 Å². The largest absolute Gasteiger partial charge is 0.374 e. The number of nitrogens with one attached hydrogen (secondary N) is 1. The first-order valence-electron chi connectivity index (χ1n) is 6.74. The Hall–Kier alpha value is -0.540. The summed E-state index contributed by atoms with van der Waals surface area (Å²) in [6.07, 6.45) is 1.17. The third kappa shape index (κ3) is 4.99. The summed E-state index contributed by atoms with van der Waals surface area (Å²) in [7, 11) is 2.16. The van der Waals surface area contributed by atoms with E-state index in [1.54, 1.807) is 0 Å². The molecule has 0 heterocycles. The van der Waals surface area contributed by atoms with Gasteiger partial charge in [0.25, 0.3) is 0 Å². The second-order valence-electron chi connectivity index (χ2n) is 5.22. The summed E-state index contributed by atoms with van der Waals surface area (Å²) in [5, 5.41) is 3.52. The first-order chi connectivity index (χ1) is 8.54. The molecule has 1 N–H and O–H groups in total. The molecule has 0 spiro atoms. The molecular weight excluding hydrogens is 288 g/mol. The molecule has 1 aromatic carbocycles. The molecule has 0 atom stereocenters. The molecule has 0 fully saturated rings. The van der Waals surface area contributed by atoms with Crippen molar-refractivity contribution in [3.63, 3.8) is 0 Å². The Labute approximate surface area is 120 Å². The third-order valence-corrected chi connectivity index (χ3v) is 3.38. The highest BCUT2D eigenvalue weighted by Crippen LogP contribution is 2.24. The molecule has 2 nitrogen and oxygen atoms in total. The lowest BCUT2D eigenvalue weighted by Gasteiger charge is -2.22. The number of anilines is 1. The SMILES string of the molecule is CCCN(C)c1cc(Br)ccc1CNCC(C)C. The van der Waals surface area contributed by atoms with Gasteiger partial charge >= 0.3 is 0 Å². The summed E-state index contributed by atoms with van der Waals surface area (Å²) in [6, 6.07) is 6.54. The molecule has 0 saturated carbocycles. The zero-order valence-electron chi connectivity index (χ0n) is 12.0. The second-order valence-corrected chi connectivity index (χ2v) is 6.14. The fraction of sp³-hybridized carbons (Fsp3) is 0.600. The van der Waals surface area contributed by atoms with Crippen LogP contribution in [0.5, 0.6) is 0 Å². The monoisotopic (exact) mass is 312 g/mol. The van der Waals surface area contributed by atoms with Gasteiger partial charge in [-0.2, -0.15) is 0 Å². The zero-order valence-corrected chi connectivity index (χ0v) is 13.5. The third-order valence-electron chi connectivity index (χ3n) is 2.89. The minimum atomic E-state index is 0.692. The maximum absolute atomic E-state index is 3.56. The van der Waals surface area contributed by atoms with Gasteiger partial charge in [-0.1, -0.05) is 42.8 Å². The van der Waals surface area contributed by atoms with Crippen LogP contribution in [0.1, 0.15) is 32.8 Å². The van der Waals surface area contributed by atoms with Crippen LogP contribution in [-0.4, -0.2) is 20.1 Å². The topological polar surface area (TPSA) is 15.3 Å². The van der Waals surface area contributed by atoms with E-state index in [1.165, 1.54) is 17.7 Å². The highest BCUT2D eigenvalue weighted by molar-refractivity contribution is 9.10. The van der Waals surface area contributed by atoms with Crippen LogP contribution in [0.25, 0.3) is 0 Å². The number of hydrogen-bond acceptors (Lipinski definition) is 2. The molecular formula is C15H25BrN2. The summed E-state index contributed by atoms with van der Waals surface area (Å²) < 4.78 is 1.15. The summed E-state index contributed by atoms with van der Waals surface area (Å²) in [4.78, 5) is 2.33. The zero-order chi connectivity index (χ0) is 13.5. The average molecular weight is 313 g/mol. The van der Waals surface area contributed by atoms with Crippen molar-refractivity contribution in [2.24, 2.45) is 5.92 Å². The van der Waals surface area contributed by atoms with E-state index in [1.807, 2.05) is 0 Å². The van der Waals surface area contributed by atoms with E-state index in [4.69, 9.17) is 0 Å². The van der Waals surface area contributed by atoms with Crippen LogP contribution >= 0.6 is 15.9 Å². The maximum Gasteiger partial charge on any atom is 0.0420 e. The van der Waals surface area contributed by atoms with Crippen LogP contribution in [0.4, 0.5) is 5.69 Å². The minimum Gasteiger partial charge on any atom is -0.374 e. The quantitative estimate of drug-likeness (QED) is 0.817. The van der Waals surface area contributed by atoms with Crippen molar-refractivity contribution in [2.45, 2.75) is 33.7 Å². The van der Waals surface area contributed by atoms with Crippen molar-refractivity contribution >= 4 is 21.6 Å². The van der Waals surface area contributed by atoms with E-state index in [0.29, 0.717) is 5.92 Å². The van der Waals surface area contributed by atoms with Gasteiger partial charge in [0, 0.05) is 30.3 Å². The number of nitrogens with zero attached hydrogens (tertiary/aromatic N) is 1. The molecule has 102 valence electrons. The predicted octanol–water partition coefficient (Wildman–Crippen LogP) is 4.04. The highest BCUT2D eigenvalue weighted by Gasteiger charge is 2.07. The molecule has 0 aliphatic heterocycles. The van der Waals surface area contributed by atoms with Crippen LogP contribution in [0, 0.1) is 5.92 Å². The van der Waals surface area contributed by atoms with Crippen molar-refractivity contribution in [1.29, 1.82) is 0 Å². The van der Waals surface area contributed by atoms with Crippen LogP contribution in [0.3, 0.4) is 0 Å². The van der Waals surface area contributed by atoms with Crippen LogP contribution < -0.4 is 10.2 Å². The van der Waals surface area contributed by atoms with Gasteiger partial charge in [0.2, 0.25) is 0 Å². The first kappa shape index (κ1) is 15.5. The van der Waals surface area contributed by atoms with E-state index < -0.39 is 0 Å². The Morgan fingerprint density at radius 1 is 1.33 bits per heavy atom. The predicted molar refractivity (Wildman–Crippen MR) is 84.2 cm³/mol. The Balaban J connectivity index is 2.76. The van der Waals surface area contributed by atoms with Crippen LogP contribution in [-0.2, 0) is 6.54 Å². The standard InChI is InChI=1S/C15H25BrN2/c1-5-8-18(4)15-9-14(16)7-6-13(15)11-17-10-12(2)3/h6-7,9,12,17H,5,8,10-11H2,1-4H3. The van der Waals surface area contributed by atoms with E-state index in [0.717, 1.165) is 24.1 Å². The van der Waals surface area contributed by atoms with Crippen LogP contribution in [0.2, 0.25) is 0 Å². The number of rotatable bonds is 7. The van der Waals surface area contributed by atoms with Crippen molar-refractivity contribution in [3.05, 3.63) is 28.2 Å². The Bertz CT molecular complexity index is 364. The lowest BCUT2D eigenvalue weighted by Crippen LogP contribution is -2.23. The van der Waals surface area contributed by atoms with Gasteiger partial charge in [-0.3, -0.25) is 0 Å². The molecule has 0 aliphatic rings. The molecule has 0 aromatic heterocycles. The van der Waals surface area contributed by atoms with Crippen molar-refractivity contribution < 1.29 is 0 Å². The average Bonchev–Trinajstić information content (AvgIpc) is 2.31. The van der Waals surface area contributed by atoms with Crippen molar-refractivity contribution in [2.75, 3.05) is 25.0 Å². The smallest absolute Gasteiger partial charge is 0.0420 e. The summed E-state index contributed by atoms with van der Waals surface area (Å²) in [6.45, 7) is 9.78. The first-order valence-corrected chi connectivity index (χ1v) is 7.54. The van der Waals surface area contributed by atoms with E-state index >= 15 is 0 Å². The van der Waals surface area contributed by atoms with Crippen LogP contribution in [0.15, 0.2) is 22.7 Å². The summed E-state index contributed by atoms with van der Waals surface area (Å²) in [5.74, 6) is 0.692. The highest BCUT2D eigenvalue weighted by atomic mass is 79.9. The van der Waals surface area contributed by atoms with E-state index in [9.17, 15) is 0 Å². The minimum absolute atomic E-state index is 0.692. The molecule has 0 unspecified atom stereocenters. The normalized spacial score (nSPS) is 11.0. The van der Waals surface area contributed by atoms with Gasteiger partial charge < -0.3 is 10.2 Å². The summed E-state index contributed by atoms with van der Waals surface area (Å²) in [5.41, 5.74) is 2.69. The molecule has 0 aliphatic carbocycles. The molecule has 1 aromatic rings. The molecule has 3 heteroatoms. The molecule has 0 saturated heterocycles. The van der Waals surface area contributed by atoms with Gasteiger partial charge in [0.05, 0.1) is 0 Å². The second kappa shape index (κ2) is 7.80. The van der Waals surface area contributed by atoms with Gasteiger partial charge in [-0.25, -0.2) is 0 Å². The van der Waals surface area contributed by atoms with Gasteiger partial charge in [-0.15, -0.1) is 0 Å². The Morgan fingerprint density at radius 2 is 2.06 bits per heavy atom. The molecule has 1 rings (SSSR count). The molecule has 18 heavy (non-hydrogen) atoms. The maximum atomic E-state index is 3.56. The summed E-state index contributed by atoms with van der Waals surface area (Å²) >= 11 is 3.56. The van der Waals surface area contributed by atoms with E-state index in [-0.39, 0.29) is 0 Å². The van der Waals surface area contributed by atoms with E-state index in [2.05, 4.69) is 72.2 Å². The van der Waals surface area contributed by atoms with Gasteiger partial charge in [0.15, 0.2) is 0 Å². The molecule has 0 amide bonds. The Kier molecular flexibility index (Phi) is 6.72. The fourth-order valence-electron chi connectivity index (χ4n) is 1.99. The van der Waals surface area contributed by atoms with Crippen molar-refractivity contribution in [1.82, 2.24) is 5.32 Å². The van der Waals surface area contributed by atoms with Crippen molar-refractivity contribution in [3.8, 4) is 0 Å². The number of halogens is 1.